The lowest BCUT2D eigenvalue weighted by molar-refractivity contribution is -0.126. The number of hydrogen-bond acceptors (Lipinski definition) is 5. The summed E-state index contributed by atoms with van der Waals surface area (Å²) in [5.41, 5.74) is 0. The molecule has 1 aromatic rings. The maximum Gasteiger partial charge on any atom is 0.237 e. The molecule has 0 aliphatic carbocycles. The fourth-order valence-corrected chi connectivity index (χ4v) is 3.05. The van der Waals surface area contributed by atoms with Gasteiger partial charge < -0.3 is 10.6 Å². The first-order chi connectivity index (χ1) is 9.22. The van der Waals surface area contributed by atoms with E-state index in [2.05, 4.69) is 27.4 Å². The van der Waals surface area contributed by atoms with E-state index in [-0.39, 0.29) is 18.0 Å². The van der Waals surface area contributed by atoms with Crippen molar-refractivity contribution >= 4 is 17.2 Å². The van der Waals surface area contributed by atoms with Crippen molar-refractivity contribution in [2.24, 2.45) is 0 Å². The molecule has 1 saturated heterocycles. The first kappa shape index (κ1) is 14.4. The van der Waals surface area contributed by atoms with Crippen molar-refractivity contribution < 1.29 is 4.79 Å². The van der Waals surface area contributed by atoms with E-state index in [1.807, 2.05) is 12.3 Å². The summed E-state index contributed by atoms with van der Waals surface area (Å²) in [6.07, 6.45) is 2.65. The second-order valence-electron chi connectivity index (χ2n) is 4.80. The van der Waals surface area contributed by atoms with Crippen molar-refractivity contribution in [3.8, 4) is 0 Å². The van der Waals surface area contributed by atoms with E-state index >= 15 is 0 Å². The molecular formula is C13H22N4OS. The van der Waals surface area contributed by atoms with Gasteiger partial charge in [-0.15, -0.1) is 11.3 Å². The van der Waals surface area contributed by atoms with Gasteiger partial charge in [-0.3, -0.25) is 9.69 Å². The van der Waals surface area contributed by atoms with Crippen LogP contribution in [0, 0.1) is 0 Å². The fourth-order valence-electron chi connectivity index (χ4n) is 2.27. The lowest BCUT2D eigenvalue weighted by atomic mass is 10.2. The highest BCUT2D eigenvalue weighted by atomic mass is 32.1. The Morgan fingerprint density at radius 1 is 1.58 bits per heavy atom. The summed E-state index contributed by atoms with van der Waals surface area (Å²) >= 11 is 1.60. The molecule has 0 spiro atoms. The van der Waals surface area contributed by atoms with Crippen LogP contribution in [0.25, 0.3) is 0 Å². The number of carbonyl (C=O) groups is 1. The van der Waals surface area contributed by atoms with Crippen LogP contribution < -0.4 is 10.6 Å². The van der Waals surface area contributed by atoms with E-state index in [4.69, 9.17) is 0 Å². The number of nitrogens with zero attached hydrogens (tertiary/aromatic N) is 2. The normalized spacial score (nSPS) is 19.9. The maximum absolute atomic E-state index is 12.3. The minimum absolute atomic E-state index is 0.0397. The minimum atomic E-state index is -0.0730. The Morgan fingerprint density at radius 3 is 2.89 bits per heavy atom. The Balaban J connectivity index is 1.91. The quantitative estimate of drug-likeness (QED) is 0.846. The van der Waals surface area contributed by atoms with Crippen LogP contribution in [0.15, 0.2) is 11.6 Å². The van der Waals surface area contributed by atoms with Crippen molar-refractivity contribution in [1.82, 2.24) is 20.5 Å². The third kappa shape index (κ3) is 3.75. The Hall–Kier alpha value is -0.980. The van der Waals surface area contributed by atoms with Crippen molar-refractivity contribution in [2.45, 2.75) is 32.4 Å². The topological polar surface area (TPSA) is 57.3 Å². The van der Waals surface area contributed by atoms with Crippen LogP contribution in [-0.2, 0) is 4.79 Å². The van der Waals surface area contributed by atoms with Gasteiger partial charge in [0.25, 0.3) is 0 Å². The van der Waals surface area contributed by atoms with Gasteiger partial charge in [0.15, 0.2) is 0 Å². The Kier molecular flexibility index (Phi) is 5.30. The molecule has 19 heavy (non-hydrogen) atoms. The number of piperazine rings is 1. The Labute approximate surface area is 118 Å². The largest absolute Gasteiger partial charge is 0.346 e. The summed E-state index contributed by atoms with van der Waals surface area (Å²) in [4.78, 5) is 18.8. The lowest BCUT2D eigenvalue weighted by Gasteiger charge is -2.32. The van der Waals surface area contributed by atoms with Gasteiger partial charge in [0.2, 0.25) is 5.91 Å². The van der Waals surface area contributed by atoms with Crippen LogP contribution in [0.2, 0.25) is 0 Å². The smallest absolute Gasteiger partial charge is 0.237 e. The lowest BCUT2D eigenvalue weighted by Crippen LogP contribution is -2.53. The molecule has 1 aromatic heterocycles. The second-order valence-corrected chi connectivity index (χ2v) is 5.73. The summed E-state index contributed by atoms with van der Waals surface area (Å²) in [7, 11) is 0. The monoisotopic (exact) mass is 282 g/mol. The Bertz CT molecular complexity index is 389. The molecule has 1 amide bonds. The molecule has 2 heterocycles. The molecule has 5 nitrogen and oxygen atoms in total. The third-order valence-corrected chi connectivity index (χ3v) is 4.44. The van der Waals surface area contributed by atoms with E-state index in [9.17, 15) is 4.79 Å². The predicted molar refractivity (Wildman–Crippen MR) is 77.2 cm³/mol. The zero-order chi connectivity index (χ0) is 13.7. The van der Waals surface area contributed by atoms with E-state index in [1.165, 1.54) is 0 Å². The summed E-state index contributed by atoms with van der Waals surface area (Å²) in [6, 6.07) is -0.0334. The van der Waals surface area contributed by atoms with Gasteiger partial charge in [-0.05, 0) is 13.3 Å². The summed E-state index contributed by atoms with van der Waals surface area (Å²) < 4.78 is 0. The van der Waals surface area contributed by atoms with Crippen LogP contribution in [0.1, 0.15) is 31.3 Å². The molecule has 6 heteroatoms. The SMILES string of the molecule is CCC(NC(=O)C(C)N1CCNCC1)c1nccs1. The number of carbonyl (C=O) groups excluding carboxylic acids is 1. The van der Waals surface area contributed by atoms with Gasteiger partial charge in [-0.2, -0.15) is 0 Å². The highest BCUT2D eigenvalue weighted by Crippen LogP contribution is 2.19. The van der Waals surface area contributed by atoms with Gasteiger partial charge >= 0.3 is 0 Å². The van der Waals surface area contributed by atoms with Gasteiger partial charge in [-0.1, -0.05) is 6.92 Å². The molecule has 106 valence electrons. The standard InChI is InChI=1S/C13H22N4OS/c1-3-11(13-15-6-9-19-13)16-12(18)10(2)17-7-4-14-5-8-17/h6,9-11,14H,3-5,7-8H2,1-2H3,(H,16,18). The van der Waals surface area contributed by atoms with Gasteiger partial charge in [0, 0.05) is 37.8 Å². The van der Waals surface area contributed by atoms with Crippen molar-refractivity contribution in [2.75, 3.05) is 26.2 Å². The molecule has 1 aliphatic heterocycles. The van der Waals surface area contributed by atoms with Gasteiger partial charge in [0.05, 0.1) is 12.1 Å². The molecule has 2 N–H and O–H groups in total. The minimum Gasteiger partial charge on any atom is -0.346 e. The summed E-state index contributed by atoms with van der Waals surface area (Å²) in [5, 5.41) is 9.35. The molecule has 2 rings (SSSR count). The highest BCUT2D eigenvalue weighted by Gasteiger charge is 2.25. The highest BCUT2D eigenvalue weighted by molar-refractivity contribution is 7.09. The van der Waals surface area contributed by atoms with E-state index < -0.39 is 0 Å². The first-order valence-corrected chi connectivity index (χ1v) is 7.75. The van der Waals surface area contributed by atoms with Crippen LogP contribution in [0.3, 0.4) is 0 Å². The zero-order valence-corrected chi connectivity index (χ0v) is 12.4. The van der Waals surface area contributed by atoms with Crippen LogP contribution >= 0.6 is 11.3 Å². The number of aromatic nitrogens is 1. The molecule has 1 aliphatic rings. The molecule has 0 bridgehead atoms. The number of thiazole rings is 1. The van der Waals surface area contributed by atoms with Crippen molar-refractivity contribution in [3.63, 3.8) is 0 Å². The van der Waals surface area contributed by atoms with Crippen LogP contribution in [0.5, 0.6) is 0 Å². The number of rotatable bonds is 5. The molecule has 2 unspecified atom stereocenters. The molecule has 0 radical (unpaired) electrons. The number of hydrogen-bond donors (Lipinski definition) is 2. The maximum atomic E-state index is 12.3. The molecule has 0 aromatic carbocycles. The summed E-state index contributed by atoms with van der Waals surface area (Å²) in [6.45, 7) is 7.84. The molecule has 2 atom stereocenters. The van der Waals surface area contributed by atoms with Crippen molar-refractivity contribution in [1.29, 1.82) is 0 Å². The molecular weight excluding hydrogens is 260 g/mol. The van der Waals surface area contributed by atoms with Gasteiger partial charge in [-0.25, -0.2) is 4.98 Å². The number of amides is 1. The van der Waals surface area contributed by atoms with E-state index in [1.54, 1.807) is 17.5 Å². The first-order valence-electron chi connectivity index (χ1n) is 6.87. The molecule has 0 saturated carbocycles. The average Bonchev–Trinajstić information content (AvgIpc) is 2.98. The van der Waals surface area contributed by atoms with Crippen molar-refractivity contribution in [3.05, 3.63) is 16.6 Å². The fraction of sp³-hybridized carbons (Fsp3) is 0.692. The van der Waals surface area contributed by atoms with Gasteiger partial charge in [0.1, 0.15) is 5.01 Å². The predicted octanol–water partition coefficient (Wildman–Crippen LogP) is 1.00. The average molecular weight is 282 g/mol. The number of nitrogens with one attached hydrogen (secondary N) is 2. The Morgan fingerprint density at radius 2 is 2.32 bits per heavy atom. The van der Waals surface area contributed by atoms with E-state index in [0.717, 1.165) is 37.6 Å². The van der Waals surface area contributed by atoms with E-state index in [0.29, 0.717) is 0 Å². The van der Waals surface area contributed by atoms with Crippen LogP contribution in [-0.4, -0.2) is 48.0 Å². The zero-order valence-electron chi connectivity index (χ0n) is 11.6. The molecule has 1 fully saturated rings. The summed E-state index contributed by atoms with van der Waals surface area (Å²) in [5.74, 6) is 0.101. The third-order valence-electron chi connectivity index (χ3n) is 3.55. The van der Waals surface area contributed by atoms with Crippen LogP contribution in [0.4, 0.5) is 0 Å². The second kappa shape index (κ2) is 6.98.